The molecule has 3 rings (SSSR count). The number of carbonyl (C=O) groups excluding carboxylic acids is 3. The third-order valence-corrected chi connectivity index (χ3v) is 7.14. The number of aryl methyl sites for hydroxylation is 1. The number of ketones is 1. The number of carbonyl (C=O) groups is 3. The number of primary amides is 1. The Morgan fingerprint density at radius 1 is 0.881 bits per heavy atom. The zero-order valence-corrected chi connectivity index (χ0v) is 27.4. The predicted octanol–water partition coefficient (Wildman–Crippen LogP) is 8.15. The monoisotopic (exact) mass is 579 g/mol. The highest BCUT2D eigenvalue weighted by molar-refractivity contribution is 5.82. The molecule has 42 heavy (non-hydrogen) atoms. The van der Waals surface area contributed by atoms with E-state index < -0.39 is 0 Å². The van der Waals surface area contributed by atoms with E-state index in [1.165, 1.54) is 44.9 Å². The standard InChI is InChI=1S/C19H30N2O.C10H14.C4H7NO.C3H6O/c1-5-12-19(7-3,13-6-2)18(22)21(4)15-17-10-8-16(14-20)9-11-17;1-2-3-7-10-8-5-4-6-9-10;5-4(6)3-1-2-3;1-3(2)4/h8-11,14,20H,5-7,12-13,15H2,1-4H3;4-6,8-9H,2-3,7H2,1H3;3H,1-2H2,(H2,5,6);1-2H3. The summed E-state index contributed by atoms with van der Waals surface area (Å²) in [6, 6.07) is 18.5. The van der Waals surface area contributed by atoms with Gasteiger partial charge in [0.2, 0.25) is 11.8 Å². The smallest absolute Gasteiger partial charge is 0.228 e. The Kier molecular flexibility index (Phi) is 20.6. The van der Waals surface area contributed by atoms with Crippen LogP contribution in [0, 0.1) is 16.7 Å². The average Bonchev–Trinajstić information content (AvgIpc) is 3.83. The second kappa shape index (κ2) is 22.3. The molecule has 0 atom stereocenters. The van der Waals surface area contributed by atoms with Crippen molar-refractivity contribution in [2.45, 2.75) is 112 Å². The molecule has 2 amide bonds. The molecule has 0 heterocycles. The summed E-state index contributed by atoms with van der Waals surface area (Å²) in [7, 11) is 1.91. The summed E-state index contributed by atoms with van der Waals surface area (Å²) in [6.07, 6.45) is 12.1. The highest BCUT2D eigenvalue weighted by atomic mass is 16.2. The second-order valence-corrected chi connectivity index (χ2v) is 11.4. The number of hydrogen-bond acceptors (Lipinski definition) is 4. The number of Topliss-reactive ketones (excluding diaryl/α,β-unsaturated/α-hetero) is 1. The van der Waals surface area contributed by atoms with Gasteiger partial charge < -0.3 is 20.8 Å². The molecular formula is C36H57N3O3. The van der Waals surface area contributed by atoms with Crippen LogP contribution >= 0.6 is 0 Å². The van der Waals surface area contributed by atoms with Crippen molar-refractivity contribution in [1.29, 1.82) is 5.41 Å². The van der Waals surface area contributed by atoms with Gasteiger partial charge in [-0.1, -0.05) is 102 Å². The van der Waals surface area contributed by atoms with Crippen LogP contribution in [-0.2, 0) is 27.3 Å². The number of unbranched alkanes of at least 4 members (excludes halogenated alkanes) is 1. The molecule has 2 aromatic rings. The lowest BCUT2D eigenvalue weighted by molar-refractivity contribution is -0.142. The van der Waals surface area contributed by atoms with Gasteiger partial charge in [0.1, 0.15) is 5.78 Å². The van der Waals surface area contributed by atoms with Gasteiger partial charge in [-0.25, -0.2) is 0 Å². The number of rotatable bonds is 13. The molecular weight excluding hydrogens is 522 g/mol. The van der Waals surface area contributed by atoms with E-state index in [1.54, 1.807) is 0 Å². The quantitative estimate of drug-likeness (QED) is 0.234. The van der Waals surface area contributed by atoms with Gasteiger partial charge >= 0.3 is 0 Å². The van der Waals surface area contributed by atoms with Crippen molar-refractivity contribution in [2.75, 3.05) is 7.05 Å². The Labute approximate surface area is 256 Å². The second-order valence-electron chi connectivity index (χ2n) is 11.4. The van der Waals surface area contributed by atoms with E-state index in [0.717, 1.165) is 56.1 Å². The molecule has 0 aromatic heterocycles. The van der Waals surface area contributed by atoms with E-state index >= 15 is 0 Å². The van der Waals surface area contributed by atoms with Gasteiger partial charge in [-0.3, -0.25) is 9.59 Å². The third-order valence-electron chi connectivity index (χ3n) is 7.14. The first-order valence-electron chi connectivity index (χ1n) is 15.6. The van der Waals surface area contributed by atoms with E-state index in [2.05, 4.69) is 58.0 Å². The summed E-state index contributed by atoms with van der Waals surface area (Å²) in [5, 5.41) is 7.23. The van der Waals surface area contributed by atoms with Gasteiger partial charge in [-0.15, -0.1) is 0 Å². The Hall–Kier alpha value is -3.28. The molecule has 6 heteroatoms. The molecule has 234 valence electrons. The van der Waals surface area contributed by atoms with Crippen molar-refractivity contribution in [3.8, 4) is 0 Å². The van der Waals surface area contributed by atoms with Gasteiger partial charge in [0, 0.05) is 31.1 Å². The van der Waals surface area contributed by atoms with Crippen LogP contribution in [0.5, 0.6) is 0 Å². The molecule has 0 radical (unpaired) electrons. The molecule has 0 bridgehead atoms. The number of nitrogens with two attached hydrogens (primary N) is 1. The number of nitrogens with one attached hydrogen (secondary N) is 1. The Balaban J connectivity index is 0.000000680. The molecule has 1 aliphatic rings. The van der Waals surface area contributed by atoms with E-state index in [-0.39, 0.29) is 28.9 Å². The van der Waals surface area contributed by atoms with Crippen LogP contribution in [0.15, 0.2) is 54.6 Å². The SMILES string of the molecule is CC(C)=O.CCCC(CC)(CCC)C(=O)N(C)Cc1ccc(C=N)cc1.CCCCc1ccccc1.NC(=O)C1CC1. The summed E-state index contributed by atoms with van der Waals surface area (Å²) >= 11 is 0. The first-order chi connectivity index (χ1) is 20.0. The summed E-state index contributed by atoms with van der Waals surface area (Å²) in [5.74, 6) is 0.551. The van der Waals surface area contributed by atoms with Crippen LogP contribution in [0.2, 0.25) is 0 Å². The molecule has 1 fully saturated rings. The molecule has 3 N–H and O–H groups in total. The van der Waals surface area contributed by atoms with Crippen LogP contribution in [-0.4, -0.2) is 35.8 Å². The van der Waals surface area contributed by atoms with Crippen LogP contribution in [0.1, 0.15) is 116 Å². The number of hydrogen-bond donors (Lipinski definition) is 2. The fourth-order valence-electron chi connectivity index (χ4n) is 4.66. The zero-order chi connectivity index (χ0) is 32.0. The fourth-order valence-corrected chi connectivity index (χ4v) is 4.66. The summed E-state index contributed by atoms with van der Waals surface area (Å²) in [5.41, 5.74) is 8.12. The number of benzene rings is 2. The van der Waals surface area contributed by atoms with Crippen LogP contribution < -0.4 is 5.73 Å². The predicted molar refractivity (Wildman–Crippen MR) is 177 cm³/mol. The fraction of sp³-hybridized carbons (Fsp3) is 0.556. The van der Waals surface area contributed by atoms with E-state index in [9.17, 15) is 14.4 Å². The highest BCUT2D eigenvalue weighted by Crippen LogP contribution is 2.36. The molecule has 0 unspecified atom stereocenters. The maximum Gasteiger partial charge on any atom is 0.228 e. The first-order valence-corrected chi connectivity index (χ1v) is 15.6. The molecule has 2 aromatic carbocycles. The summed E-state index contributed by atoms with van der Waals surface area (Å²) in [6.45, 7) is 12.4. The lowest BCUT2D eigenvalue weighted by atomic mass is 9.75. The zero-order valence-electron chi connectivity index (χ0n) is 27.4. The van der Waals surface area contributed by atoms with Crippen LogP contribution in [0.4, 0.5) is 0 Å². The van der Waals surface area contributed by atoms with Crippen LogP contribution in [0.25, 0.3) is 0 Å². The minimum Gasteiger partial charge on any atom is -0.369 e. The lowest BCUT2D eigenvalue weighted by Crippen LogP contribution is -2.41. The minimum atomic E-state index is -0.201. The Morgan fingerprint density at radius 3 is 1.76 bits per heavy atom. The largest absolute Gasteiger partial charge is 0.369 e. The minimum absolute atomic E-state index is 0.130. The summed E-state index contributed by atoms with van der Waals surface area (Å²) < 4.78 is 0. The average molecular weight is 580 g/mol. The van der Waals surface area contributed by atoms with Gasteiger partial charge in [0.05, 0.1) is 0 Å². The van der Waals surface area contributed by atoms with E-state index in [1.807, 2.05) is 36.2 Å². The maximum absolute atomic E-state index is 13.0. The van der Waals surface area contributed by atoms with E-state index in [0.29, 0.717) is 6.54 Å². The maximum atomic E-state index is 13.0. The third kappa shape index (κ3) is 16.9. The molecule has 0 spiro atoms. The van der Waals surface area contributed by atoms with Gasteiger partial charge in [-0.2, -0.15) is 0 Å². The lowest BCUT2D eigenvalue weighted by Gasteiger charge is -2.35. The molecule has 1 aliphatic carbocycles. The van der Waals surface area contributed by atoms with E-state index in [4.69, 9.17) is 11.1 Å². The molecule has 6 nitrogen and oxygen atoms in total. The van der Waals surface area contributed by atoms with Crippen molar-refractivity contribution in [1.82, 2.24) is 4.90 Å². The summed E-state index contributed by atoms with van der Waals surface area (Å²) in [4.78, 5) is 34.3. The van der Waals surface area contributed by atoms with Gasteiger partial charge in [0.25, 0.3) is 0 Å². The van der Waals surface area contributed by atoms with Crippen molar-refractivity contribution < 1.29 is 14.4 Å². The highest BCUT2D eigenvalue weighted by Gasteiger charge is 2.36. The van der Waals surface area contributed by atoms with Crippen molar-refractivity contribution in [3.63, 3.8) is 0 Å². The van der Waals surface area contributed by atoms with Crippen molar-refractivity contribution >= 4 is 23.8 Å². The van der Waals surface area contributed by atoms with Crippen LogP contribution in [0.3, 0.4) is 0 Å². The molecule has 0 saturated heterocycles. The Bertz CT molecular complexity index is 1020. The van der Waals surface area contributed by atoms with Crippen molar-refractivity contribution in [2.24, 2.45) is 17.1 Å². The Morgan fingerprint density at radius 2 is 1.40 bits per heavy atom. The van der Waals surface area contributed by atoms with Gasteiger partial charge in [-0.05, 0) is 75.5 Å². The molecule has 0 aliphatic heterocycles. The number of nitrogens with zero attached hydrogens (tertiary/aromatic N) is 1. The topological polar surface area (TPSA) is 104 Å². The number of amides is 2. The first kappa shape index (κ1) is 38.7. The molecule has 1 saturated carbocycles. The van der Waals surface area contributed by atoms with Gasteiger partial charge in [0.15, 0.2) is 0 Å². The van der Waals surface area contributed by atoms with Crippen molar-refractivity contribution in [3.05, 3.63) is 71.3 Å². The normalized spacial score (nSPS) is 11.8.